The molecule has 0 bridgehead atoms. The number of hydrogen-bond donors (Lipinski definition) is 0. The number of hydrogen-bond acceptors (Lipinski definition) is 5. The summed E-state index contributed by atoms with van der Waals surface area (Å²) in [4.78, 5) is 29.5. The quantitative estimate of drug-likeness (QED) is 0.606. The number of rotatable bonds is 5. The van der Waals surface area contributed by atoms with E-state index in [2.05, 4.69) is 4.98 Å². The van der Waals surface area contributed by atoms with Crippen molar-refractivity contribution in [1.29, 1.82) is 0 Å². The molecule has 3 rings (SSSR count). The molecule has 0 aliphatic carbocycles. The van der Waals surface area contributed by atoms with Crippen molar-refractivity contribution in [3.05, 3.63) is 63.8 Å². The molecule has 1 amide bonds. The molecule has 0 unspecified atom stereocenters. The monoisotopic (exact) mass is 355 g/mol. The molecule has 0 spiro atoms. The summed E-state index contributed by atoms with van der Waals surface area (Å²) in [5.41, 5.74) is 1.18. The Kier molecular flexibility index (Phi) is 5.46. The number of piperidine rings is 1. The van der Waals surface area contributed by atoms with Crippen molar-refractivity contribution >= 4 is 11.7 Å². The fraction of sp³-hybridized carbons (Fsp3) is 0.368. The number of aryl methyl sites for hydroxylation is 1. The summed E-state index contributed by atoms with van der Waals surface area (Å²) in [6, 6.07) is 12.2. The molecule has 1 aromatic heterocycles. The van der Waals surface area contributed by atoms with Crippen LogP contribution in [0.15, 0.2) is 42.5 Å². The summed E-state index contributed by atoms with van der Waals surface area (Å²) in [5, 5.41) is 11.3. The van der Waals surface area contributed by atoms with Gasteiger partial charge in [0.25, 0.3) is 5.91 Å². The van der Waals surface area contributed by atoms with Crippen molar-refractivity contribution in [2.45, 2.75) is 32.3 Å². The van der Waals surface area contributed by atoms with Crippen LogP contribution in [0, 0.1) is 17.0 Å². The normalized spacial score (nSPS) is 15.3. The predicted molar refractivity (Wildman–Crippen MR) is 95.9 cm³/mol. The Hall–Kier alpha value is -2.96. The average Bonchev–Trinajstić information content (AvgIpc) is 2.67. The highest BCUT2D eigenvalue weighted by Crippen LogP contribution is 2.31. The van der Waals surface area contributed by atoms with Crippen LogP contribution in [0.2, 0.25) is 0 Å². The van der Waals surface area contributed by atoms with Crippen molar-refractivity contribution < 1.29 is 14.5 Å². The zero-order valence-corrected chi connectivity index (χ0v) is 14.6. The fourth-order valence-electron chi connectivity index (χ4n) is 3.05. The number of amides is 1. The van der Waals surface area contributed by atoms with Gasteiger partial charge >= 0.3 is 5.82 Å². The van der Waals surface area contributed by atoms with Crippen LogP contribution in [0.3, 0.4) is 0 Å². The van der Waals surface area contributed by atoms with E-state index in [1.165, 1.54) is 6.07 Å². The Labute approximate surface area is 151 Å². The smallest absolute Gasteiger partial charge is 0.406 e. The van der Waals surface area contributed by atoms with E-state index in [4.69, 9.17) is 4.74 Å². The van der Waals surface area contributed by atoms with Gasteiger partial charge in [0, 0.05) is 25.6 Å². The molecule has 26 heavy (non-hydrogen) atoms. The summed E-state index contributed by atoms with van der Waals surface area (Å²) >= 11 is 0. The Morgan fingerprint density at radius 2 is 1.85 bits per heavy atom. The third-order valence-corrected chi connectivity index (χ3v) is 4.39. The Balaban J connectivity index is 1.94. The van der Waals surface area contributed by atoms with Gasteiger partial charge < -0.3 is 19.8 Å². The summed E-state index contributed by atoms with van der Waals surface area (Å²) in [5.74, 6) is -0.553. The molecule has 1 aliphatic rings. The Morgan fingerprint density at radius 3 is 2.50 bits per heavy atom. The highest BCUT2D eigenvalue weighted by molar-refractivity contribution is 5.83. The van der Waals surface area contributed by atoms with Crippen LogP contribution in [0.5, 0.6) is 5.75 Å². The third-order valence-electron chi connectivity index (χ3n) is 4.39. The van der Waals surface area contributed by atoms with E-state index in [-0.39, 0.29) is 17.5 Å². The second-order valence-electron chi connectivity index (χ2n) is 6.33. The zero-order valence-electron chi connectivity index (χ0n) is 14.6. The average molecular weight is 355 g/mol. The molecule has 1 saturated heterocycles. The largest absolute Gasteiger partial charge is 0.467 e. The summed E-state index contributed by atoms with van der Waals surface area (Å²) in [7, 11) is 0. The van der Waals surface area contributed by atoms with Crippen LogP contribution >= 0.6 is 0 Å². The van der Waals surface area contributed by atoms with Gasteiger partial charge in [-0.25, -0.2) is 0 Å². The standard InChI is InChI=1S/C19H21N3O4/c1-14-10-11-16(18(20-14)22(24)25)26-17(15-8-4-2-5-9-15)19(23)21-12-6-3-7-13-21/h2,4-5,8-11,17H,3,6-7,12-13H2,1H3/t17-/m1/s1. The lowest BCUT2D eigenvalue weighted by Crippen LogP contribution is -2.40. The zero-order chi connectivity index (χ0) is 18.5. The topological polar surface area (TPSA) is 85.6 Å². The van der Waals surface area contributed by atoms with Gasteiger partial charge in [-0.15, -0.1) is 0 Å². The molecule has 1 aromatic carbocycles. The van der Waals surface area contributed by atoms with Crippen molar-refractivity contribution in [2.75, 3.05) is 13.1 Å². The second kappa shape index (κ2) is 7.95. The number of aromatic nitrogens is 1. The van der Waals surface area contributed by atoms with Crippen LogP contribution < -0.4 is 4.74 Å². The van der Waals surface area contributed by atoms with Gasteiger partial charge in [0.1, 0.15) is 5.69 Å². The van der Waals surface area contributed by atoms with E-state index < -0.39 is 11.0 Å². The molecule has 7 nitrogen and oxygen atoms in total. The lowest BCUT2D eigenvalue weighted by molar-refractivity contribution is -0.390. The molecule has 1 fully saturated rings. The number of ether oxygens (including phenoxy) is 1. The highest BCUT2D eigenvalue weighted by Gasteiger charge is 2.31. The number of likely N-dealkylation sites (tertiary alicyclic amines) is 1. The molecule has 0 radical (unpaired) electrons. The number of benzene rings is 1. The minimum absolute atomic E-state index is 0.000174. The van der Waals surface area contributed by atoms with Crippen molar-refractivity contribution in [3.63, 3.8) is 0 Å². The lowest BCUT2D eigenvalue weighted by atomic mass is 10.1. The first-order valence-corrected chi connectivity index (χ1v) is 8.68. The number of carbonyl (C=O) groups is 1. The molecule has 136 valence electrons. The molecule has 1 atom stereocenters. The minimum Gasteiger partial charge on any atom is -0.467 e. The number of nitro groups is 1. The SMILES string of the molecule is Cc1ccc(O[C@@H](C(=O)N2CCCCC2)c2ccccc2)c([N+](=O)[O-])n1. The van der Waals surface area contributed by atoms with Crippen LogP contribution in [-0.4, -0.2) is 33.8 Å². The molecule has 1 aliphatic heterocycles. The van der Waals surface area contributed by atoms with Crippen LogP contribution in [0.1, 0.15) is 36.6 Å². The minimum atomic E-state index is -0.933. The van der Waals surface area contributed by atoms with Gasteiger partial charge in [-0.1, -0.05) is 30.3 Å². The maximum atomic E-state index is 13.1. The lowest BCUT2D eigenvalue weighted by Gasteiger charge is -2.30. The summed E-state index contributed by atoms with van der Waals surface area (Å²) < 4.78 is 5.87. The van der Waals surface area contributed by atoms with Crippen LogP contribution in [0.4, 0.5) is 5.82 Å². The van der Waals surface area contributed by atoms with E-state index in [1.807, 2.05) is 18.2 Å². The Bertz CT molecular complexity index is 789. The van der Waals surface area contributed by atoms with Gasteiger partial charge in [0.15, 0.2) is 0 Å². The number of carbonyl (C=O) groups excluding carboxylic acids is 1. The van der Waals surface area contributed by atoms with Crippen LogP contribution in [0.25, 0.3) is 0 Å². The first-order chi connectivity index (χ1) is 12.6. The number of nitrogens with zero attached hydrogens (tertiary/aromatic N) is 3. The van der Waals surface area contributed by atoms with Crippen molar-refractivity contribution in [1.82, 2.24) is 9.88 Å². The first kappa shape index (κ1) is 17.8. The maximum Gasteiger partial charge on any atom is 0.406 e. The molecule has 7 heteroatoms. The molecular weight excluding hydrogens is 334 g/mol. The van der Waals surface area contributed by atoms with Gasteiger partial charge in [-0.3, -0.25) is 4.79 Å². The van der Waals surface area contributed by atoms with E-state index >= 15 is 0 Å². The predicted octanol–water partition coefficient (Wildman–Crippen LogP) is 3.43. The Morgan fingerprint density at radius 1 is 1.15 bits per heavy atom. The first-order valence-electron chi connectivity index (χ1n) is 8.68. The molecule has 2 aromatic rings. The van der Waals surface area contributed by atoms with E-state index in [1.54, 1.807) is 30.0 Å². The maximum absolute atomic E-state index is 13.1. The van der Waals surface area contributed by atoms with Crippen molar-refractivity contribution in [2.24, 2.45) is 0 Å². The number of pyridine rings is 1. The molecule has 0 N–H and O–H groups in total. The van der Waals surface area contributed by atoms with Crippen molar-refractivity contribution in [3.8, 4) is 5.75 Å². The highest BCUT2D eigenvalue weighted by atomic mass is 16.6. The fourth-order valence-corrected chi connectivity index (χ4v) is 3.05. The van der Waals surface area contributed by atoms with Gasteiger partial charge in [0.2, 0.25) is 11.9 Å². The molecular formula is C19H21N3O4. The third kappa shape index (κ3) is 3.99. The van der Waals surface area contributed by atoms with Gasteiger partial charge in [-0.05, 0) is 41.3 Å². The van der Waals surface area contributed by atoms with Gasteiger partial charge in [-0.2, -0.15) is 0 Å². The molecule has 0 saturated carbocycles. The molecule has 2 heterocycles. The van der Waals surface area contributed by atoms with Crippen LogP contribution in [-0.2, 0) is 4.79 Å². The second-order valence-corrected chi connectivity index (χ2v) is 6.33. The van der Waals surface area contributed by atoms with Gasteiger partial charge in [0.05, 0.1) is 0 Å². The summed E-state index contributed by atoms with van der Waals surface area (Å²) in [6.07, 6.45) is 2.09. The van der Waals surface area contributed by atoms with E-state index in [0.717, 1.165) is 19.3 Å². The van der Waals surface area contributed by atoms with E-state index in [9.17, 15) is 14.9 Å². The van der Waals surface area contributed by atoms with E-state index in [0.29, 0.717) is 24.3 Å². The summed E-state index contributed by atoms with van der Waals surface area (Å²) in [6.45, 7) is 3.03.